The molecule has 3 rings (SSSR count). The minimum Gasteiger partial charge on any atom is -0.420 e. The summed E-state index contributed by atoms with van der Waals surface area (Å²) < 4.78 is 24.3. The van der Waals surface area contributed by atoms with Crippen LogP contribution in [0.5, 0.6) is 0 Å². The van der Waals surface area contributed by atoms with E-state index < -0.39 is 10.7 Å². The summed E-state index contributed by atoms with van der Waals surface area (Å²) in [6, 6.07) is 7.51. The Morgan fingerprint density at radius 1 is 1.14 bits per heavy atom. The van der Waals surface area contributed by atoms with Gasteiger partial charge in [0.2, 0.25) is 5.91 Å². The largest absolute Gasteiger partial charge is 1.00 e. The normalized spacial score (nSPS) is 17.2. The van der Waals surface area contributed by atoms with Crippen LogP contribution in [0.1, 0.15) is 63.5 Å². The average Bonchev–Trinajstić information content (AvgIpc) is 3.37. The zero-order chi connectivity index (χ0) is 20.1. The van der Waals surface area contributed by atoms with Gasteiger partial charge in [-0.25, -0.2) is 4.98 Å². The minimum absolute atomic E-state index is 0. The van der Waals surface area contributed by atoms with E-state index in [1.54, 1.807) is 18.3 Å². The molecule has 1 aliphatic heterocycles. The Morgan fingerprint density at radius 3 is 2.38 bits per heavy atom. The SMILES string of the molecule is CCC(CC(CC(C)c1ccc([S-](=O)=O)cc1)N1CCCC1=O)n1ccnc1.[K+]. The van der Waals surface area contributed by atoms with Crippen LogP contribution < -0.4 is 51.4 Å². The first-order valence-electron chi connectivity index (χ1n) is 9.95. The van der Waals surface area contributed by atoms with Crippen molar-refractivity contribution in [3.63, 3.8) is 0 Å². The third kappa shape index (κ3) is 6.48. The molecule has 2 aromatic rings. The number of aromatic nitrogens is 2. The number of amides is 1. The molecule has 1 aliphatic rings. The number of benzene rings is 1. The molecule has 1 aromatic carbocycles. The molecule has 6 nitrogen and oxygen atoms in total. The van der Waals surface area contributed by atoms with Crippen molar-refractivity contribution in [3.8, 4) is 0 Å². The summed E-state index contributed by atoms with van der Waals surface area (Å²) in [5.74, 6) is 0.475. The predicted octanol–water partition coefficient (Wildman–Crippen LogP) is 1.08. The van der Waals surface area contributed by atoms with Crippen molar-refractivity contribution in [3.05, 3.63) is 48.5 Å². The first kappa shape index (κ1) is 24.8. The Balaban J connectivity index is 0.00000300. The molecule has 8 heteroatoms. The van der Waals surface area contributed by atoms with E-state index in [0.29, 0.717) is 17.4 Å². The number of imidazole rings is 1. The maximum Gasteiger partial charge on any atom is 1.00 e. The van der Waals surface area contributed by atoms with Crippen molar-refractivity contribution in [2.45, 2.75) is 68.8 Å². The third-order valence-corrected chi connectivity index (χ3v) is 6.44. The van der Waals surface area contributed by atoms with Crippen molar-refractivity contribution < 1.29 is 64.6 Å². The molecule has 0 bridgehead atoms. The molecule has 3 atom stereocenters. The molecule has 1 aromatic heterocycles. The summed E-state index contributed by atoms with van der Waals surface area (Å²) >= 11 is 0. The maximum absolute atomic E-state index is 12.4. The van der Waals surface area contributed by atoms with Crippen LogP contribution in [-0.4, -0.2) is 32.9 Å². The number of carbonyl (C=O) groups is 1. The van der Waals surface area contributed by atoms with Crippen LogP contribution >= 0.6 is 0 Å². The molecule has 1 fully saturated rings. The fraction of sp³-hybridized carbons (Fsp3) is 0.524. The van der Waals surface area contributed by atoms with Crippen LogP contribution in [0, 0.1) is 0 Å². The number of likely N-dealkylation sites (tertiary alicyclic amines) is 1. The van der Waals surface area contributed by atoms with E-state index in [1.165, 1.54) is 0 Å². The molecule has 3 unspecified atom stereocenters. The molecule has 0 spiro atoms. The number of hydrogen-bond donors (Lipinski definition) is 0. The van der Waals surface area contributed by atoms with Crippen LogP contribution in [0.2, 0.25) is 0 Å². The molecule has 0 N–H and O–H groups in total. The molecular formula is C21H28KN3O3S. The molecule has 0 saturated carbocycles. The molecule has 1 saturated heterocycles. The fourth-order valence-electron chi connectivity index (χ4n) is 4.16. The van der Waals surface area contributed by atoms with Crippen molar-refractivity contribution in [2.75, 3.05) is 6.54 Å². The van der Waals surface area contributed by atoms with Gasteiger partial charge < -0.3 is 17.9 Å². The maximum atomic E-state index is 12.4. The summed E-state index contributed by atoms with van der Waals surface area (Å²) in [5, 5.41) is 0. The van der Waals surface area contributed by atoms with Gasteiger partial charge in [-0.1, -0.05) is 43.0 Å². The van der Waals surface area contributed by atoms with Crippen LogP contribution in [0.3, 0.4) is 0 Å². The summed E-state index contributed by atoms with van der Waals surface area (Å²) in [5.41, 5.74) is 1.10. The smallest absolute Gasteiger partial charge is 0.420 e. The summed E-state index contributed by atoms with van der Waals surface area (Å²) in [7, 11) is -2.21. The molecular weight excluding hydrogens is 413 g/mol. The van der Waals surface area contributed by atoms with Gasteiger partial charge in [-0.15, -0.1) is 0 Å². The van der Waals surface area contributed by atoms with E-state index in [2.05, 4.69) is 28.3 Å². The van der Waals surface area contributed by atoms with Crippen LogP contribution in [0.25, 0.3) is 0 Å². The van der Waals surface area contributed by atoms with Gasteiger partial charge in [-0.2, -0.15) is 0 Å². The van der Waals surface area contributed by atoms with E-state index in [1.807, 2.05) is 24.7 Å². The third-order valence-electron chi connectivity index (χ3n) is 5.78. The van der Waals surface area contributed by atoms with Gasteiger partial charge in [0.25, 0.3) is 0 Å². The Kier molecular flexibility index (Phi) is 10.0. The first-order valence-corrected chi connectivity index (χ1v) is 11.0. The second-order valence-electron chi connectivity index (χ2n) is 7.59. The zero-order valence-electron chi connectivity index (χ0n) is 17.5. The zero-order valence-corrected chi connectivity index (χ0v) is 21.4. The van der Waals surface area contributed by atoms with E-state index in [9.17, 15) is 13.2 Å². The number of carbonyl (C=O) groups excluding carboxylic acids is 1. The van der Waals surface area contributed by atoms with Crippen LogP contribution in [0.4, 0.5) is 0 Å². The quantitative estimate of drug-likeness (QED) is 0.431. The average molecular weight is 442 g/mol. The van der Waals surface area contributed by atoms with E-state index in [4.69, 9.17) is 0 Å². The van der Waals surface area contributed by atoms with Crippen LogP contribution in [0.15, 0.2) is 47.9 Å². The second-order valence-corrected chi connectivity index (χ2v) is 8.53. The fourth-order valence-corrected chi connectivity index (χ4v) is 4.51. The van der Waals surface area contributed by atoms with Gasteiger partial charge in [-0.3, -0.25) is 4.79 Å². The molecule has 29 heavy (non-hydrogen) atoms. The molecule has 1 amide bonds. The van der Waals surface area contributed by atoms with Gasteiger partial charge in [0, 0.05) is 37.4 Å². The summed E-state index contributed by atoms with van der Waals surface area (Å²) in [6.07, 6.45) is 9.93. The number of hydrogen-bond acceptors (Lipinski definition) is 5. The Labute approximate surface area is 217 Å². The Morgan fingerprint density at radius 2 is 1.86 bits per heavy atom. The molecule has 0 aliphatic carbocycles. The van der Waals surface area contributed by atoms with Crippen molar-refractivity contribution in [1.82, 2.24) is 14.5 Å². The van der Waals surface area contributed by atoms with Crippen LogP contribution in [-0.2, 0) is 23.9 Å². The first-order chi connectivity index (χ1) is 13.5. The summed E-state index contributed by atoms with van der Waals surface area (Å²) in [4.78, 5) is 19.0. The molecule has 152 valence electrons. The monoisotopic (exact) mass is 441 g/mol. The Hall–Kier alpha value is -0.514. The van der Waals surface area contributed by atoms with E-state index >= 15 is 0 Å². The van der Waals surface area contributed by atoms with Gasteiger partial charge >= 0.3 is 51.4 Å². The van der Waals surface area contributed by atoms with Crippen molar-refractivity contribution in [1.29, 1.82) is 0 Å². The number of rotatable bonds is 9. The standard InChI is InChI=1S/C21H28N3O3S.K/c1-3-18(23-12-10-22-15-23)14-19(24-11-4-5-21(24)25)13-16(2)17-6-8-20(9-7-17)28(26)27;/h6-10,12,15-16,18-19H,3-5,11,13-14H2,1-2H3;/q-1;+1. The van der Waals surface area contributed by atoms with Crippen molar-refractivity contribution in [2.24, 2.45) is 0 Å². The minimum atomic E-state index is -2.21. The van der Waals surface area contributed by atoms with E-state index in [-0.39, 0.29) is 69.3 Å². The van der Waals surface area contributed by atoms with Gasteiger partial charge in [0.05, 0.1) is 6.33 Å². The summed E-state index contributed by atoms with van der Waals surface area (Å²) in [6.45, 7) is 5.14. The Bertz CT molecular complexity index is 845. The van der Waals surface area contributed by atoms with Gasteiger partial charge in [0.1, 0.15) is 0 Å². The predicted molar refractivity (Wildman–Crippen MR) is 107 cm³/mol. The van der Waals surface area contributed by atoms with Gasteiger partial charge in [0.15, 0.2) is 0 Å². The van der Waals surface area contributed by atoms with E-state index in [0.717, 1.165) is 37.8 Å². The van der Waals surface area contributed by atoms with Crippen molar-refractivity contribution >= 4 is 16.6 Å². The second kappa shape index (κ2) is 11.8. The van der Waals surface area contributed by atoms with Gasteiger partial charge in [-0.05, 0) is 47.9 Å². The molecule has 0 radical (unpaired) electrons. The topological polar surface area (TPSA) is 72.3 Å². The molecule has 2 heterocycles. The number of nitrogens with zero attached hydrogens (tertiary/aromatic N) is 3.